The van der Waals surface area contributed by atoms with Crippen molar-refractivity contribution in [1.29, 1.82) is 0 Å². The normalized spacial score (nSPS) is 9.86. The zero-order valence-corrected chi connectivity index (χ0v) is 8.05. The molecular weight excluding hydrogens is 184 g/mol. The Morgan fingerprint density at radius 3 is 2.57 bits per heavy atom. The molecule has 5 nitrogen and oxygen atoms in total. The van der Waals surface area contributed by atoms with Crippen LogP contribution in [-0.2, 0) is 4.79 Å². The summed E-state index contributed by atoms with van der Waals surface area (Å²) in [4.78, 5) is 24.6. The van der Waals surface area contributed by atoms with Gasteiger partial charge in [-0.2, -0.15) is 0 Å². The number of carboxylic acids is 1. The highest BCUT2D eigenvalue weighted by Gasteiger charge is 2.11. The number of aromatic amines is 1. The molecule has 1 aromatic heterocycles. The molecule has 0 bridgehead atoms. The number of rotatable bonds is 3. The van der Waals surface area contributed by atoms with Crippen LogP contribution in [0.1, 0.15) is 21.7 Å². The van der Waals surface area contributed by atoms with Gasteiger partial charge in [0, 0.05) is 11.4 Å². The van der Waals surface area contributed by atoms with Crippen LogP contribution in [-0.4, -0.2) is 28.5 Å². The molecule has 0 atom stereocenters. The summed E-state index contributed by atoms with van der Waals surface area (Å²) in [6.07, 6.45) is 0. The lowest BCUT2D eigenvalue weighted by atomic mass is 10.2. The second kappa shape index (κ2) is 3.95. The van der Waals surface area contributed by atoms with Gasteiger partial charge in [0.15, 0.2) is 0 Å². The van der Waals surface area contributed by atoms with Crippen molar-refractivity contribution in [2.75, 3.05) is 6.54 Å². The van der Waals surface area contributed by atoms with Gasteiger partial charge >= 0.3 is 5.97 Å². The number of aryl methyl sites for hydroxylation is 2. The van der Waals surface area contributed by atoms with Crippen LogP contribution in [0.5, 0.6) is 0 Å². The molecule has 1 rings (SSSR count). The number of nitrogens with one attached hydrogen (secondary N) is 2. The molecule has 76 valence electrons. The molecule has 0 unspecified atom stereocenters. The van der Waals surface area contributed by atoms with Gasteiger partial charge < -0.3 is 15.4 Å². The average molecular weight is 196 g/mol. The van der Waals surface area contributed by atoms with Gasteiger partial charge in [0.25, 0.3) is 5.91 Å². The molecule has 1 amide bonds. The second-order valence-electron chi connectivity index (χ2n) is 3.07. The number of amides is 1. The quantitative estimate of drug-likeness (QED) is 0.656. The zero-order valence-electron chi connectivity index (χ0n) is 8.05. The number of carboxylic acid groups (broad SMARTS) is 1. The first-order chi connectivity index (χ1) is 6.50. The number of carbonyl (C=O) groups excluding carboxylic acids is 1. The Morgan fingerprint density at radius 1 is 1.50 bits per heavy atom. The third-order valence-electron chi connectivity index (χ3n) is 1.79. The lowest BCUT2D eigenvalue weighted by molar-refractivity contribution is -0.135. The number of aliphatic carboxylic acids is 1. The molecule has 0 radical (unpaired) electrons. The summed E-state index contributed by atoms with van der Waals surface area (Å²) >= 11 is 0. The lowest BCUT2D eigenvalue weighted by Gasteiger charge is -2.00. The number of aromatic nitrogens is 1. The fraction of sp³-hybridized carbons (Fsp3) is 0.333. The average Bonchev–Trinajstić information content (AvgIpc) is 2.41. The molecular formula is C9H12N2O3. The number of carbonyl (C=O) groups is 2. The van der Waals surface area contributed by atoms with Crippen molar-refractivity contribution >= 4 is 11.9 Å². The van der Waals surface area contributed by atoms with Crippen LogP contribution in [0.2, 0.25) is 0 Å². The highest BCUT2D eigenvalue weighted by atomic mass is 16.4. The van der Waals surface area contributed by atoms with E-state index in [4.69, 9.17) is 5.11 Å². The number of hydrogen-bond donors (Lipinski definition) is 3. The van der Waals surface area contributed by atoms with Crippen molar-refractivity contribution in [2.24, 2.45) is 0 Å². The van der Waals surface area contributed by atoms with Gasteiger partial charge in [0.1, 0.15) is 6.54 Å². The Bertz CT molecular complexity index is 368. The van der Waals surface area contributed by atoms with Crippen LogP contribution in [0, 0.1) is 13.8 Å². The van der Waals surface area contributed by atoms with Gasteiger partial charge in [-0.1, -0.05) is 0 Å². The second-order valence-corrected chi connectivity index (χ2v) is 3.07. The lowest BCUT2D eigenvalue weighted by Crippen LogP contribution is -2.29. The maximum absolute atomic E-state index is 11.4. The van der Waals surface area contributed by atoms with E-state index in [9.17, 15) is 9.59 Å². The molecule has 0 spiro atoms. The third kappa shape index (κ3) is 2.35. The van der Waals surface area contributed by atoms with E-state index < -0.39 is 5.97 Å². The van der Waals surface area contributed by atoms with Crippen LogP contribution < -0.4 is 5.32 Å². The topological polar surface area (TPSA) is 82.2 Å². The first-order valence-corrected chi connectivity index (χ1v) is 4.17. The molecule has 1 aromatic rings. The monoisotopic (exact) mass is 196 g/mol. The summed E-state index contributed by atoms with van der Waals surface area (Å²) in [7, 11) is 0. The van der Waals surface area contributed by atoms with Gasteiger partial charge in [-0.15, -0.1) is 0 Å². The Morgan fingerprint density at radius 2 is 2.14 bits per heavy atom. The van der Waals surface area contributed by atoms with Gasteiger partial charge in [-0.05, 0) is 19.9 Å². The van der Waals surface area contributed by atoms with Gasteiger partial charge in [0.2, 0.25) is 0 Å². The third-order valence-corrected chi connectivity index (χ3v) is 1.79. The minimum absolute atomic E-state index is 0.359. The summed E-state index contributed by atoms with van der Waals surface area (Å²) < 4.78 is 0. The summed E-state index contributed by atoms with van der Waals surface area (Å²) in [5.41, 5.74) is 2.11. The maximum atomic E-state index is 11.4. The van der Waals surface area contributed by atoms with Crippen molar-refractivity contribution in [3.63, 3.8) is 0 Å². The van der Waals surface area contributed by atoms with Crippen molar-refractivity contribution in [2.45, 2.75) is 13.8 Å². The molecule has 0 fully saturated rings. The van der Waals surface area contributed by atoms with Crippen LogP contribution in [0.4, 0.5) is 0 Å². The molecule has 14 heavy (non-hydrogen) atoms. The first kappa shape index (κ1) is 10.3. The molecule has 3 N–H and O–H groups in total. The van der Waals surface area contributed by atoms with E-state index in [1.165, 1.54) is 0 Å². The maximum Gasteiger partial charge on any atom is 0.322 e. The molecule has 0 aromatic carbocycles. The Balaban J connectivity index is 2.69. The van der Waals surface area contributed by atoms with E-state index in [1.54, 1.807) is 13.0 Å². The minimum Gasteiger partial charge on any atom is -0.480 e. The smallest absolute Gasteiger partial charge is 0.322 e. The molecule has 0 aliphatic heterocycles. The minimum atomic E-state index is -1.05. The molecule has 5 heteroatoms. The van der Waals surface area contributed by atoms with Crippen molar-refractivity contribution in [3.05, 3.63) is 23.0 Å². The zero-order chi connectivity index (χ0) is 10.7. The van der Waals surface area contributed by atoms with Gasteiger partial charge in [-0.3, -0.25) is 9.59 Å². The van der Waals surface area contributed by atoms with Crippen LogP contribution in [0.25, 0.3) is 0 Å². The Hall–Kier alpha value is -1.78. The highest BCUT2D eigenvalue weighted by molar-refractivity contribution is 5.97. The Kier molecular flexibility index (Phi) is 2.91. The summed E-state index contributed by atoms with van der Waals surface area (Å²) in [6.45, 7) is 3.24. The van der Waals surface area contributed by atoms with Gasteiger partial charge in [-0.25, -0.2) is 0 Å². The van der Waals surface area contributed by atoms with E-state index in [2.05, 4.69) is 10.3 Å². The predicted molar refractivity (Wildman–Crippen MR) is 50.2 cm³/mol. The van der Waals surface area contributed by atoms with Gasteiger partial charge in [0.05, 0.1) is 5.56 Å². The molecule has 0 saturated heterocycles. The summed E-state index contributed by atoms with van der Waals surface area (Å²) in [6, 6.07) is 1.69. The standard InChI is InChI=1S/C9H12N2O3/c1-5-3-7(6(2)11-5)9(14)10-4-8(12)13/h3,11H,4H2,1-2H3,(H,10,14)(H,12,13). The van der Waals surface area contributed by atoms with E-state index in [0.29, 0.717) is 5.56 Å². The van der Waals surface area contributed by atoms with Crippen molar-refractivity contribution in [1.82, 2.24) is 10.3 Å². The van der Waals surface area contributed by atoms with E-state index in [0.717, 1.165) is 11.4 Å². The SMILES string of the molecule is Cc1cc(C(=O)NCC(=O)O)c(C)[nH]1. The summed E-state index contributed by atoms with van der Waals surface area (Å²) in [5, 5.41) is 10.7. The van der Waals surface area contributed by atoms with Crippen LogP contribution in [0.3, 0.4) is 0 Å². The van der Waals surface area contributed by atoms with Crippen LogP contribution in [0.15, 0.2) is 6.07 Å². The fourth-order valence-electron chi connectivity index (χ4n) is 1.21. The number of H-pyrrole nitrogens is 1. The molecule has 0 saturated carbocycles. The van der Waals surface area contributed by atoms with E-state index >= 15 is 0 Å². The van der Waals surface area contributed by atoms with E-state index in [-0.39, 0.29) is 12.5 Å². The first-order valence-electron chi connectivity index (χ1n) is 4.17. The van der Waals surface area contributed by atoms with E-state index in [1.807, 2.05) is 6.92 Å². The predicted octanol–water partition coefficient (Wildman–Crippen LogP) is 0.446. The fourth-order valence-corrected chi connectivity index (χ4v) is 1.21. The Labute approximate surface area is 81.1 Å². The summed E-state index contributed by atoms with van der Waals surface area (Å²) in [5.74, 6) is -1.42. The van der Waals surface area contributed by atoms with Crippen molar-refractivity contribution < 1.29 is 14.7 Å². The van der Waals surface area contributed by atoms with Crippen molar-refractivity contribution in [3.8, 4) is 0 Å². The molecule has 0 aliphatic carbocycles. The van der Waals surface area contributed by atoms with Crippen LogP contribution >= 0.6 is 0 Å². The molecule has 0 aliphatic rings. The highest BCUT2D eigenvalue weighted by Crippen LogP contribution is 2.08. The number of hydrogen-bond acceptors (Lipinski definition) is 2. The largest absolute Gasteiger partial charge is 0.480 e. The molecule has 1 heterocycles.